The predicted octanol–water partition coefficient (Wildman–Crippen LogP) is 3.50. The molecule has 0 fully saturated rings. The molecule has 26 heavy (non-hydrogen) atoms. The number of hydrogen-bond donors (Lipinski definition) is 2. The van der Waals surface area contributed by atoms with Crippen molar-refractivity contribution in [2.75, 3.05) is 6.61 Å². The molecule has 1 heterocycles. The van der Waals surface area contributed by atoms with Gasteiger partial charge in [-0.15, -0.1) is 0 Å². The number of rotatable bonds is 6. The fourth-order valence-corrected chi connectivity index (χ4v) is 2.98. The molecular formula is C20H18O6. The third-order valence-electron chi connectivity index (χ3n) is 4.14. The van der Waals surface area contributed by atoms with Gasteiger partial charge >= 0.3 is 11.6 Å². The van der Waals surface area contributed by atoms with Crippen LogP contribution in [0, 0.1) is 0 Å². The summed E-state index contributed by atoms with van der Waals surface area (Å²) < 4.78 is 10.7. The molecule has 1 unspecified atom stereocenters. The average Bonchev–Trinajstić information content (AvgIpc) is 2.61. The fourth-order valence-electron chi connectivity index (χ4n) is 2.98. The first kappa shape index (κ1) is 17.5. The molecule has 6 heteroatoms. The molecule has 3 rings (SSSR count). The topological polar surface area (TPSA) is 97.0 Å². The summed E-state index contributed by atoms with van der Waals surface area (Å²) in [5, 5.41) is 20.3. The van der Waals surface area contributed by atoms with Gasteiger partial charge in [-0.3, -0.25) is 4.79 Å². The summed E-state index contributed by atoms with van der Waals surface area (Å²) >= 11 is 0. The second-order valence-electron chi connectivity index (χ2n) is 5.80. The lowest BCUT2D eigenvalue weighted by Crippen LogP contribution is -2.17. The van der Waals surface area contributed by atoms with Gasteiger partial charge in [0.2, 0.25) is 0 Å². The van der Waals surface area contributed by atoms with Gasteiger partial charge in [-0.05, 0) is 36.8 Å². The third kappa shape index (κ3) is 3.39. The lowest BCUT2D eigenvalue weighted by Gasteiger charge is -2.17. The molecule has 2 aromatic carbocycles. The highest BCUT2D eigenvalue weighted by molar-refractivity contribution is 5.84. The molecule has 1 atom stereocenters. The largest absolute Gasteiger partial charge is 0.507 e. The summed E-state index contributed by atoms with van der Waals surface area (Å²) in [5.74, 6) is -1.54. The van der Waals surface area contributed by atoms with Crippen molar-refractivity contribution in [1.29, 1.82) is 0 Å². The first-order valence-electron chi connectivity index (χ1n) is 8.20. The SMILES string of the molecule is CCOc1ccc(C(CC(=O)O)c2c(O)c3ccccc3oc2=O)cc1. The molecule has 0 saturated carbocycles. The number of aromatic hydroxyl groups is 1. The van der Waals surface area contributed by atoms with Crippen LogP contribution in [0.15, 0.2) is 57.7 Å². The van der Waals surface area contributed by atoms with Crippen LogP contribution in [0.2, 0.25) is 0 Å². The van der Waals surface area contributed by atoms with Gasteiger partial charge in [0, 0.05) is 5.92 Å². The summed E-state index contributed by atoms with van der Waals surface area (Å²) in [5.41, 5.74) is 0.0184. The Bertz CT molecular complexity index is 987. The van der Waals surface area contributed by atoms with Gasteiger partial charge in [-0.2, -0.15) is 0 Å². The zero-order valence-electron chi connectivity index (χ0n) is 14.1. The molecule has 0 aliphatic carbocycles. The Labute approximate surface area is 149 Å². The first-order valence-corrected chi connectivity index (χ1v) is 8.20. The van der Waals surface area contributed by atoms with Crippen molar-refractivity contribution in [1.82, 2.24) is 0 Å². The van der Waals surface area contributed by atoms with Crippen LogP contribution in [-0.4, -0.2) is 22.8 Å². The quantitative estimate of drug-likeness (QED) is 0.658. The van der Waals surface area contributed by atoms with Gasteiger partial charge in [-0.1, -0.05) is 24.3 Å². The maximum atomic E-state index is 12.5. The van der Waals surface area contributed by atoms with Crippen molar-refractivity contribution < 1.29 is 24.2 Å². The molecule has 134 valence electrons. The van der Waals surface area contributed by atoms with Gasteiger partial charge in [0.1, 0.15) is 17.1 Å². The maximum absolute atomic E-state index is 12.5. The number of benzene rings is 2. The molecular weight excluding hydrogens is 336 g/mol. The lowest BCUT2D eigenvalue weighted by molar-refractivity contribution is -0.137. The summed E-state index contributed by atoms with van der Waals surface area (Å²) in [6.45, 7) is 2.37. The van der Waals surface area contributed by atoms with E-state index in [4.69, 9.17) is 9.15 Å². The van der Waals surface area contributed by atoms with Gasteiger partial charge in [-0.25, -0.2) is 4.79 Å². The molecule has 0 saturated heterocycles. The smallest absolute Gasteiger partial charge is 0.343 e. The van der Waals surface area contributed by atoms with E-state index in [1.165, 1.54) is 0 Å². The van der Waals surface area contributed by atoms with Crippen LogP contribution in [0.25, 0.3) is 11.0 Å². The molecule has 1 aromatic heterocycles. The second kappa shape index (κ2) is 7.31. The van der Waals surface area contributed by atoms with E-state index in [9.17, 15) is 19.8 Å². The number of carboxylic acid groups (broad SMARTS) is 1. The average molecular weight is 354 g/mol. The minimum absolute atomic E-state index is 0.0599. The lowest BCUT2D eigenvalue weighted by atomic mass is 9.88. The fraction of sp³-hybridized carbons (Fsp3) is 0.200. The highest BCUT2D eigenvalue weighted by atomic mass is 16.5. The van der Waals surface area contributed by atoms with Crippen LogP contribution in [0.4, 0.5) is 0 Å². The number of carbonyl (C=O) groups is 1. The third-order valence-corrected chi connectivity index (χ3v) is 4.14. The zero-order valence-corrected chi connectivity index (χ0v) is 14.1. The van der Waals surface area contributed by atoms with Crippen molar-refractivity contribution >= 4 is 16.9 Å². The minimum atomic E-state index is -1.09. The van der Waals surface area contributed by atoms with Crippen LogP contribution in [0.1, 0.15) is 30.4 Å². The number of hydrogen-bond acceptors (Lipinski definition) is 5. The normalized spacial score (nSPS) is 12.0. The molecule has 0 radical (unpaired) electrons. The molecule has 0 aliphatic heterocycles. The number of para-hydroxylation sites is 1. The highest BCUT2D eigenvalue weighted by Crippen LogP contribution is 2.36. The molecule has 0 aliphatic rings. The highest BCUT2D eigenvalue weighted by Gasteiger charge is 2.26. The van der Waals surface area contributed by atoms with E-state index in [0.29, 0.717) is 23.3 Å². The Morgan fingerprint density at radius 1 is 1.15 bits per heavy atom. The summed E-state index contributed by atoms with van der Waals surface area (Å²) in [7, 11) is 0. The molecule has 0 bridgehead atoms. The predicted molar refractivity (Wildman–Crippen MR) is 95.9 cm³/mol. The van der Waals surface area contributed by atoms with Gasteiger partial charge in [0.05, 0.1) is 24.0 Å². The van der Waals surface area contributed by atoms with Crippen LogP contribution < -0.4 is 10.4 Å². The number of carboxylic acids is 1. The van der Waals surface area contributed by atoms with Crippen molar-refractivity contribution in [2.45, 2.75) is 19.3 Å². The van der Waals surface area contributed by atoms with Crippen molar-refractivity contribution in [3.05, 3.63) is 70.1 Å². The second-order valence-corrected chi connectivity index (χ2v) is 5.80. The van der Waals surface area contributed by atoms with Crippen molar-refractivity contribution in [3.8, 4) is 11.5 Å². The standard InChI is InChI=1S/C20H18O6/c1-2-25-13-9-7-12(8-10-13)15(11-17(21)22)18-19(23)14-5-3-4-6-16(14)26-20(18)24/h3-10,15,23H,2,11H2,1H3,(H,21,22). The van der Waals surface area contributed by atoms with Crippen LogP contribution >= 0.6 is 0 Å². The Kier molecular flexibility index (Phi) is 4.93. The van der Waals surface area contributed by atoms with E-state index < -0.39 is 17.5 Å². The summed E-state index contributed by atoms with van der Waals surface area (Å²) in [4.78, 5) is 23.8. The van der Waals surface area contributed by atoms with Crippen LogP contribution in [0.5, 0.6) is 11.5 Å². The number of ether oxygens (including phenoxy) is 1. The molecule has 3 aromatic rings. The van der Waals surface area contributed by atoms with Crippen LogP contribution in [0.3, 0.4) is 0 Å². The van der Waals surface area contributed by atoms with E-state index in [1.807, 2.05) is 6.92 Å². The van der Waals surface area contributed by atoms with Gasteiger partial charge in [0.25, 0.3) is 0 Å². The zero-order chi connectivity index (χ0) is 18.7. The molecule has 0 amide bonds. The Morgan fingerprint density at radius 3 is 2.50 bits per heavy atom. The van der Waals surface area contributed by atoms with E-state index in [1.54, 1.807) is 48.5 Å². The van der Waals surface area contributed by atoms with Gasteiger partial charge < -0.3 is 19.4 Å². The summed E-state index contributed by atoms with van der Waals surface area (Å²) in [6, 6.07) is 13.4. The maximum Gasteiger partial charge on any atom is 0.343 e. The Morgan fingerprint density at radius 2 is 1.85 bits per heavy atom. The summed E-state index contributed by atoms with van der Waals surface area (Å²) in [6.07, 6.45) is -0.357. The molecule has 0 spiro atoms. The van der Waals surface area contributed by atoms with Crippen molar-refractivity contribution in [3.63, 3.8) is 0 Å². The monoisotopic (exact) mass is 354 g/mol. The minimum Gasteiger partial charge on any atom is -0.507 e. The van der Waals surface area contributed by atoms with Crippen LogP contribution in [-0.2, 0) is 4.79 Å². The molecule has 2 N–H and O–H groups in total. The molecule has 6 nitrogen and oxygen atoms in total. The number of aliphatic carboxylic acids is 1. The Hall–Kier alpha value is -3.28. The van der Waals surface area contributed by atoms with Gasteiger partial charge in [0.15, 0.2) is 0 Å². The van der Waals surface area contributed by atoms with E-state index in [0.717, 1.165) is 0 Å². The van der Waals surface area contributed by atoms with E-state index in [2.05, 4.69) is 0 Å². The Balaban J connectivity index is 2.15. The van der Waals surface area contributed by atoms with E-state index >= 15 is 0 Å². The first-order chi connectivity index (χ1) is 12.5. The van der Waals surface area contributed by atoms with E-state index in [-0.39, 0.29) is 23.3 Å². The van der Waals surface area contributed by atoms with Crippen molar-refractivity contribution in [2.24, 2.45) is 0 Å². The number of fused-ring (bicyclic) bond motifs is 1.